The molecule has 4 rings (SSSR count). The van der Waals surface area contributed by atoms with E-state index >= 15 is 0 Å². The highest BCUT2D eigenvalue weighted by Gasteiger charge is 2.52. The van der Waals surface area contributed by atoms with Crippen molar-refractivity contribution in [1.82, 2.24) is 19.2 Å². The van der Waals surface area contributed by atoms with Crippen molar-refractivity contribution in [1.29, 1.82) is 5.26 Å². The van der Waals surface area contributed by atoms with Crippen LogP contribution in [0, 0.1) is 11.3 Å². The first-order valence-corrected chi connectivity index (χ1v) is 15.6. The highest BCUT2D eigenvalue weighted by Crippen LogP contribution is 2.54. The van der Waals surface area contributed by atoms with Crippen molar-refractivity contribution in [3.05, 3.63) is 45.0 Å². The van der Waals surface area contributed by atoms with Crippen LogP contribution in [-0.4, -0.2) is 19.2 Å². The van der Waals surface area contributed by atoms with Gasteiger partial charge in [-0.2, -0.15) is 31.6 Å². The Morgan fingerprint density at radius 1 is 0.614 bits per heavy atom. The lowest BCUT2D eigenvalue weighted by Gasteiger charge is -2.36. The van der Waals surface area contributed by atoms with Crippen LogP contribution in [0.5, 0.6) is 0 Å². The number of hydrogen-bond acceptors (Lipinski definition) is 7. The lowest BCUT2D eigenvalue weighted by atomic mass is 9.68. The van der Waals surface area contributed by atoms with Crippen molar-refractivity contribution >= 4 is 43.5 Å². The minimum absolute atomic E-state index is 0.00198. The molecule has 0 saturated carbocycles. The van der Waals surface area contributed by atoms with Gasteiger partial charge in [0.05, 0.1) is 32.2 Å². The molecule has 13 heteroatoms. The fraction of sp³-hybridized carbons (Fsp3) is 0.581. The van der Waals surface area contributed by atoms with Gasteiger partial charge in [0.2, 0.25) is 0 Å². The van der Waals surface area contributed by atoms with Crippen molar-refractivity contribution in [2.24, 2.45) is 0 Å². The van der Waals surface area contributed by atoms with E-state index in [1.54, 1.807) is 6.07 Å². The molecule has 0 aliphatic rings. The number of aromatic nitrogens is 4. The predicted octanol–water partition coefficient (Wildman–Crippen LogP) is 10.2. The zero-order valence-electron chi connectivity index (χ0n) is 26.3. The van der Waals surface area contributed by atoms with E-state index in [4.69, 9.17) is 0 Å². The highest BCUT2D eigenvalue weighted by molar-refractivity contribution is 7.13. The van der Waals surface area contributed by atoms with Crippen LogP contribution >= 0.6 is 23.1 Å². The molecule has 2 aromatic carbocycles. The number of rotatable bonds is 5. The molecule has 2 aromatic heterocycles. The topological polar surface area (TPSA) is 75.3 Å². The molecule has 5 nitrogen and oxygen atoms in total. The Kier molecular flexibility index (Phi) is 8.21. The number of nitrogens with zero attached hydrogens (tertiary/aromatic N) is 5. The third-order valence-electron chi connectivity index (χ3n) is 8.20. The molecular weight excluding hydrogens is 620 g/mol. The Balaban J connectivity index is 1.94. The molecule has 0 unspecified atom stereocenters. The van der Waals surface area contributed by atoms with E-state index in [1.165, 1.54) is 34.6 Å². The first-order valence-electron chi connectivity index (χ1n) is 14.0. The Morgan fingerprint density at radius 2 is 1.05 bits per heavy atom. The summed E-state index contributed by atoms with van der Waals surface area (Å²) in [4.78, 5) is 0. The van der Waals surface area contributed by atoms with Crippen molar-refractivity contribution < 1.29 is 26.3 Å². The van der Waals surface area contributed by atoms with Crippen LogP contribution in [0.2, 0.25) is 0 Å². The summed E-state index contributed by atoms with van der Waals surface area (Å²) in [5.74, 6) is 0. The van der Waals surface area contributed by atoms with Crippen molar-refractivity contribution in [2.75, 3.05) is 0 Å². The Labute approximate surface area is 261 Å². The van der Waals surface area contributed by atoms with Crippen LogP contribution in [0.25, 0.3) is 20.4 Å². The van der Waals surface area contributed by atoms with Crippen LogP contribution < -0.4 is 0 Å². The van der Waals surface area contributed by atoms with Gasteiger partial charge in [0.1, 0.15) is 11.0 Å². The molecule has 0 radical (unpaired) electrons. The lowest BCUT2D eigenvalue weighted by Crippen LogP contribution is -2.32. The summed E-state index contributed by atoms with van der Waals surface area (Å²) in [6, 6.07) is 4.07. The average Bonchev–Trinajstić information content (AvgIpc) is 3.52. The molecule has 0 amide bonds. The van der Waals surface area contributed by atoms with E-state index in [9.17, 15) is 31.6 Å². The van der Waals surface area contributed by atoms with Gasteiger partial charge >= 0.3 is 12.4 Å². The van der Waals surface area contributed by atoms with Crippen LogP contribution in [0.15, 0.2) is 6.07 Å². The van der Waals surface area contributed by atoms with Crippen molar-refractivity contribution in [3.8, 4) is 6.07 Å². The molecule has 0 atom stereocenters. The van der Waals surface area contributed by atoms with E-state index in [0.29, 0.717) is 32.9 Å². The minimum Gasteiger partial charge on any atom is -0.192 e. The molecular formula is C31H35F6N5S2. The van der Waals surface area contributed by atoms with Gasteiger partial charge in [0.15, 0.2) is 0 Å². The second kappa shape index (κ2) is 10.6. The van der Waals surface area contributed by atoms with Crippen molar-refractivity contribution in [2.45, 2.75) is 116 Å². The molecule has 0 saturated heterocycles. The number of fused-ring (bicyclic) bond motifs is 2. The lowest BCUT2D eigenvalue weighted by molar-refractivity contribution is -0.163. The molecule has 0 N–H and O–H groups in total. The summed E-state index contributed by atoms with van der Waals surface area (Å²) in [7, 11) is 0. The highest BCUT2D eigenvalue weighted by atomic mass is 32.1. The van der Waals surface area contributed by atoms with Gasteiger partial charge in [-0.25, -0.2) is 0 Å². The van der Waals surface area contributed by atoms with Gasteiger partial charge in [0.25, 0.3) is 0 Å². The molecule has 0 aliphatic heterocycles. The smallest absolute Gasteiger partial charge is 0.192 e. The van der Waals surface area contributed by atoms with E-state index in [-0.39, 0.29) is 28.5 Å². The molecule has 0 spiro atoms. The van der Waals surface area contributed by atoms with Crippen molar-refractivity contribution in [3.63, 3.8) is 0 Å². The van der Waals surface area contributed by atoms with Gasteiger partial charge in [-0.05, 0) is 85.9 Å². The Bertz CT molecular complexity index is 1770. The second-order valence-electron chi connectivity index (χ2n) is 14.6. The average molecular weight is 656 g/mol. The standard InChI is InChI=1S/C31H35F6N5S2/c1-26(2,3)16-13-15(14-38)17(24-22(16)39-41-43-24)28(7,8)11-12-29(9,10)20-18(30(32,33)34)19(31(35,36)37)21(27(4,5)6)25-23(20)40-42-44-25/h13H,11-12H2,1-10H3. The third-order valence-corrected chi connectivity index (χ3v) is 9.69. The summed E-state index contributed by atoms with van der Waals surface area (Å²) >= 11 is 1.82. The van der Waals surface area contributed by atoms with E-state index in [0.717, 1.165) is 17.1 Å². The van der Waals surface area contributed by atoms with E-state index < -0.39 is 50.9 Å². The summed E-state index contributed by atoms with van der Waals surface area (Å²) in [5, 5.41) is 18.5. The SMILES string of the molecule is CC(C)(C)c1cc(C#N)c(C(C)(C)CCC(C)(C)c2c(C(F)(F)F)c(C(F)(F)F)c(C(C)(C)C)c3snnc23)c2snnc12. The second-order valence-corrected chi connectivity index (χ2v) is 16.1. The first kappa shape index (κ1) is 34.0. The number of benzene rings is 2. The zero-order chi connectivity index (χ0) is 33.4. The maximum absolute atomic E-state index is 14.9. The van der Waals surface area contributed by atoms with Gasteiger partial charge in [-0.3, -0.25) is 0 Å². The molecule has 44 heavy (non-hydrogen) atoms. The number of halogens is 6. The van der Waals surface area contributed by atoms with Crippen LogP contribution in [0.1, 0.15) is 121 Å². The maximum atomic E-state index is 14.9. The minimum atomic E-state index is -5.32. The largest absolute Gasteiger partial charge is 0.417 e. The molecule has 0 bridgehead atoms. The molecule has 4 aromatic rings. The fourth-order valence-corrected chi connectivity index (χ4v) is 7.94. The van der Waals surface area contributed by atoms with Gasteiger partial charge in [-0.1, -0.05) is 78.2 Å². The number of hydrogen-bond donors (Lipinski definition) is 0. The summed E-state index contributed by atoms with van der Waals surface area (Å²) in [6.07, 6.45) is -10.3. The van der Waals surface area contributed by atoms with E-state index in [2.05, 4.69) is 25.2 Å². The van der Waals surface area contributed by atoms with Gasteiger partial charge < -0.3 is 0 Å². The quantitative estimate of drug-likeness (QED) is 0.200. The first-order chi connectivity index (χ1) is 19.8. The van der Waals surface area contributed by atoms with Crippen LogP contribution in [-0.2, 0) is 34.0 Å². The summed E-state index contributed by atoms with van der Waals surface area (Å²) in [6.45, 7) is 17.2. The summed E-state index contributed by atoms with van der Waals surface area (Å²) < 4.78 is 97.5. The van der Waals surface area contributed by atoms with Gasteiger partial charge in [-0.15, -0.1) is 10.2 Å². The predicted molar refractivity (Wildman–Crippen MR) is 162 cm³/mol. The monoisotopic (exact) mass is 655 g/mol. The van der Waals surface area contributed by atoms with Crippen LogP contribution in [0.3, 0.4) is 0 Å². The molecule has 2 heterocycles. The normalized spacial score (nSPS) is 14.1. The Hall–Kier alpha value is -2.85. The molecule has 0 fully saturated rings. The third kappa shape index (κ3) is 5.91. The number of alkyl halides is 6. The Morgan fingerprint density at radius 3 is 1.48 bits per heavy atom. The number of nitriles is 1. The molecule has 238 valence electrons. The zero-order valence-corrected chi connectivity index (χ0v) is 27.9. The maximum Gasteiger partial charge on any atom is 0.417 e. The van der Waals surface area contributed by atoms with Gasteiger partial charge in [0, 0.05) is 0 Å². The van der Waals surface area contributed by atoms with Crippen LogP contribution in [0.4, 0.5) is 26.3 Å². The molecule has 0 aliphatic carbocycles. The van der Waals surface area contributed by atoms with E-state index in [1.807, 2.05) is 34.6 Å². The fourth-order valence-electron chi connectivity index (χ4n) is 6.09. The summed E-state index contributed by atoms with van der Waals surface area (Å²) in [5.41, 5.74) is -5.74.